The van der Waals surface area contributed by atoms with Crippen LogP contribution in [0, 0.1) is 10.1 Å². The first-order valence-electron chi connectivity index (χ1n) is 8.00. The topological polar surface area (TPSA) is 89.5 Å². The third-order valence-electron chi connectivity index (χ3n) is 4.36. The SMILES string of the molecule is Cl.N[C@@H]1CN(C(=O)CSc2ccc([N+](=O)[O-])cc2)C[C@H]1c1ccccc1. The van der Waals surface area contributed by atoms with Gasteiger partial charge in [-0.2, -0.15) is 0 Å². The molecule has 1 aliphatic heterocycles. The second kappa shape index (κ2) is 9.02. The molecule has 2 aromatic carbocycles. The Bertz CT molecular complexity index is 758. The van der Waals surface area contributed by atoms with E-state index in [2.05, 4.69) is 0 Å². The zero-order valence-electron chi connectivity index (χ0n) is 14.0. The molecule has 2 atom stereocenters. The fourth-order valence-electron chi connectivity index (χ4n) is 2.99. The highest BCUT2D eigenvalue weighted by molar-refractivity contribution is 8.00. The summed E-state index contributed by atoms with van der Waals surface area (Å²) in [6.45, 7) is 1.18. The lowest BCUT2D eigenvalue weighted by Gasteiger charge is -2.16. The van der Waals surface area contributed by atoms with Crippen molar-refractivity contribution in [2.45, 2.75) is 16.9 Å². The minimum atomic E-state index is -0.436. The summed E-state index contributed by atoms with van der Waals surface area (Å²) in [6.07, 6.45) is 0. The number of benzene rings is 2. The fraction of sp³-hybridized carbons (Fsp3) is 0.278. The van der Waals surface area contributed by atoms with Gasteiger partial charge in [-0.05, 0) is 17.7 Å². The molecule has 1 amide bonds. The van der Waals surface area contributed by atoms with Crippen LogP contribution in [-0.2, 0) is 4.79 Å². The summed E-state index contributed by atoms with van der Waals surface area (Å²) in [6, 6.07) is 16.2. The fourth-order valence-corrected chi connectivity index (χ4v) is 3.79. The molecule has 0 spiro atoms. The van der Waals surface area contributed by atoms with E-state index in [1.54, 1.807) is 17.0 Å². The van der Waals surface area contributed by atoms with Crippen LogP contribution in [0.15, 0.2) is 59.5 Å². The van der Waals surface area contributed by atoms with Crippen molar-refractivity contribution in [3.05, 3.63) is 70.3 Å². The lowest BCUT2D eigenvalue weighted by Crippen LogP contribution is -2.33. The standard InChI is InChI=1S/C18H19N3O3S.ClH/c19-17-11-20(10-16(17)13-4-2-1-3-5-13)18(22)12-25-15-8-6-14(7-9-15)21(23)24;/h1-9,16-17H,10-12,19H2;1H/t16-,17+;/m0./s1. The maximum Gasteiger partial charge on any atom is 0.269 e. The Morgan fingerprint density at radius 3 is 2.42 bits per heavy atom. The molecule has 0 bridgehead atoms. The zero-order valence-corrected chi connectivity index (χ0v) is 15.6. The van der Waals surface area contributed by atoms with E-state index in [1.807, 2.05) is 30.3 Å². The van der Waals surface area contributed by atoms with Crippen molar-refractivity contribution in [3.8, 4) is 0 Å². The van der Waals surface area contributed by atoms with Gasteiger partial charge >= 0.3 is 0 Å². The molecule has 0 unspecified atom stereocenters. The number of thioether (sulfide) groups is 1. The van der Waals surface area contributed by atoms with Gasteiger partial charge in [-0.15, -0.1) is 24.2 Å². The van der Waals surface area contributed by atoms with E-state index in [0.717, 1.165) is 10.5 Å². The summed E-state index contributed by atoms with van der Waals surface area (Å²) in [5.41, 5.74) is 7.44. The van der Waals surface area contributed by atoms with Crippen molar-refractivity contribution >= 4 is 35.8 Å². The van der Waals surface area contributed by atoms with Gasteiger partial charge in [-0.1, -0.05) is 30.3 Å². The van der Waals surface area contributed by atoms with Gasteiger partial charge in [0.15, 0.2) is 0 Å². The predicted molar refractivity (Wildman–Crippen MR) is 105 cm³/mol. The largest absolute Gasteiger partial charge is 0.340 e. The first kappa shape index (κ1) is 20.2. The third-order valence-corrected chi connectivity index (χ3v) is 5.35. The molecule has 3 rings (SSSR count). The zero-order chi connectivity index (χ0) is 17.8. The van der Waals surface area contributed by atoms with Gasteiger partial charge in [0.25, 0.3) is 5.69 Å². The van der Waals surface area contributed by atoms with Crippen molar-refractivity contribution in [1.82, 2.24) is 4.90 Å². The summed E-state index contributed by atoms with van der Waals surface area (Å²) in [5, 5.41) is 10.7. The number of hydrogen-bond donors (Lipinski definition) is 1. The van der Waals surface area contributed by atoms with Gasteiger partial charge < -0.3 is 10.6 Å². The summed E-state index contributed by atoms with van der Waals surface area (Å²) in [4.78, 5) is 25.3. The number of nitrogens with zero attached hydrogens (tertiary/aromatic N) is 2. The predicted octanol–water partition coefficient (Wildman–Crippen LogP) is 3.06. The number of nitro groups is 1. The van der Waals surface area contributed by atoms with Crippen molar-refractivity contribution in [1.29, 1.82) is 0 Å². The summed E-state index contributed by atoms with van der Waals surface area (Å²) in [5.74, 6) is 0.498. The van der Waals surface area contributed by atoms with Crippen LogP contribution in [0.5, 0.6) is 0 Å². The van der Waals surface area contributed by atoms with E-state index in [4.69, 9.17) is 5.73 Å². The van der Waals surface area contributed by atoms with E-state index in [-0.39, 0.29) is 36.0 Å². The Labute approximate surface area is 162 Å². The molecular weight excluding hydrogens is 374 g/mol. The summed E-state index contributed by atoms with van der Waals surface area (Å²) < 4.78 is 0. The highest BCUT2D eigenvalue weighted by Crippen LogP contribution is 2.28. The van der Waals surface area contributed by atoms with Crippen LogP contribution in [0.4, 0.5) is 5.69 Å². The Morgan fingerprint density at radius 2 is 1.81 bits per heavy atom. The molecule has 1 heterocycles. The van der Waals surface area contributed by atoms with Crippen LogP contribution in [0.3, 0.4) is 0 Å². The second-order valence-electron chi connectivity index (χ2n) is 6.02. The normalized spacial score (nSPS) is 19.0. The molecule has 1 fully saturated rings. The molecule has 1 saturated heterocycles. The van der Waals surface area contributed by atoms with Crippen LogP contribution >= 0.6 is 24.2 Å². The minimum Gasteiger partial charge on any atom is -0.340 e. The van der Waals surface area contributed by atoms with Gasteiger partial charge in [-0.3, -0.25) is 14.9 Å². The van der Waals surface area contributed by atoms with E-state index >= 15 is 0 Å². The van der Waals surface area contributed by atoms with Gasteiger partial charge in [0.2, 0.25) is 5.91 Å². The molecule has 8 heteroatoms. The average Bonchev–Trinajstić information content (AvgIpc) is 3.02. The molecule has 26 heavy (non-hydrogen) atoms. The Hall–Kier alpha value is -2.09. The van der Waals surface area contributed by atoms with Crippen LogP contribution in [-0.4, -0.2) is 40.6 Å². The number of likely N-dealkylation sites (tertiary alicyclic amines) is 1. The van der Waals surface area contributed by atoms with Crippen molar-refractivity contribution in [2.24, 2.45) is 5.73 Å². The lowest BCUT2D eigenvalue weighted by atomic mass is 9.95. The number of amides is 1. The Kier molecular flexibility index (Phi) is 7.02. The Morgan fingerprint density at radius 1 is 1.15 bits per heavy atom. The van der Waals surface area contributed by atoms with Crippen LogP contribution in [0.2, 0.25) is 0 Å². The lowest BCUT2D eigenvalue weighted by molar-refractivity contribution is -0.384. The number of carbonyl (C=O) groups is 1. The van der Waals surface area contributed by atoms with E-state index in [0.29, 0.717) is 18.8 Å². The molecule has 138 valence electrons. The quantitative estimate of drug-likeness (QED) is 0.479. The summed E-state index contributed by atoms with van der Waals surface area (Å²) in [7, 11) is 0. The van der Waals surface area contributed by atoms with Crippen LogP contribution in [0.1, 0.15) is 11.5 Å². The van der Waals surface area contributed by atoms with E-state index in [1.165, 1.54) is 23.9 Å². The monoisotopic (exact) mass is 393 g/mol. The third kappa shape index (κ3) is 4.75. The summed E-state index contributed by atoms with van der Waals surface area (Å²) >= 11 is 1.38. The second-order valence-corrected chi connectivity index (χ2v) is 7.07. The minimum absolute atomic E-state index is 0. The molecule has 2 N–H and O–H groups in total. The molecule has 0 aromatic heterocycles. The molecule has 1 aliphatic rings. The van der Waals surface area contributed by atoms with Crippen molar-refractivity contribution < 1.29 is 9.72 Å². The highest BCUT2D eigenvalue weighted by atomic mass is 35.5. The van der Waals surface area contributed by atoms with Crippen molar-refractivity contribution in [3.63, 3.8) is 0 Å². The van der Waals surface area contributed by atoms with Gasteiger partial charge in [-0.25, -0.2) is 0 Å². The van der Waals surface area contributed by atoms with Gasteiger partial charge in [0, 0.05) is 42.1 Å². The van der Waals surface area contributed by atoms with Gasteiger partial charge in [0.05, 0.1) is 10.7 Å². The Balaban J connectivity index is 0.00000243. The number of halogens is 1. The smallest absolute Gasteiger partial charge is 0.269 e. The number of nitro benzene ring substituents is 1. The first-order chi connectivity index (χ1) is 12.0. The first-order valence-corrected chi connectivity index (χ1v) is 8.98. The maximum atomic E-state index is 12.5. The molecular formula is C18H20ClN3O3S. The van der Waals surface area contributed by atoms with E-state index < -0.39 is 4.92 Å². The van der Waals surface area contributed by atoms with Crippen LogP contribution < -0.4 is 5.73 Å². The molecule has 0 radical (unpaired) electrons. The maximum absolute atomic E-state index is 12.5. The molecule has 2 aromatic rings. The van der Waals surface area contributed by atoms with Crippen LogP contribution in [0.25, 0.3) is 0 Å². The molecule has 0 saturated carbocycles. The number of carbonyl (C=O) groups excluding carboxylic acids is 1. The number of nitrogens with two attached hydrogens (primary N) is 1. The highest BCUT2D eigenvalue weighted by Gasteiger charge is 2.33. The number of hydrogen-bond acceptors (Lipinski definition) is 5. The van der Waals surface area contributed by atoms with E-state index in [9.17, 15) is 14.9 Å². The molecule has 6 nitrogen and oxygen atoms in total. The van der Waals surface area contributed by atoms with Gasteiger partial charge in [0.1, 0.15) is 0 Å². The average molecular weight is 394 g/mol. The molecule has 0 aliphatic carbocycles. The number of rotatable bonds is 5. The van der Waals surface area contributed by atoms with Crippen molar-refractivity contribution in [2.75, 3.05) is 18.8 Å². The number of non-ortho nitro benzene ring substituents is 1.